The highest BCUT2D eigenvalue weighted by molar-refractivity contribution is 6.30. The van der Waals surface area contributed by atoms with Gasteiger partial charge < -0.3 is 14.7 Å². The van der Waals surface area contributed by atoms with Crippen LogP contribution >= 0.6 is 11.6 Å². The molecular weight excluding hydrogens is 250 g/mol. The van der Waals surface area contributed by atoms with Gasteiger partial charge in [0.15, 0.2) is 0 Å². The minimum atomic E-state index is -0.427. The zero-order valence-corrected chi connectivity index (χ0v) is 12.8. The third-order valence-corrected chi connectivity index (χ3v) is 4.00. The number of alkyl halides is 1. The molecule has 1 rings (SSSR count). The van der Waals surface area contributed by atoms with Gasteiger partial charge in [-0.3, -0.25) is 4.79 Å². The van der Waals surface area contributed by atoms with Crippen LogP contribution in [-0.2, 0) is 4.79 Å². The predicted molar refractivity (Wildman–Crippen MR) is 76.1 cm³/mol. The summed E-state index contributed by atoms with van der Waals surface area (Å²) < 4.78 is 0. The molecule has 1 heterocycles. The van der Waals surface area contributed by atoms with Gasteiger partial charge in [-0.2, -0.15) is 0 Å². The maximum Gasteiger partial charge on any atom is 0.240 e. The average molecular weight is 276 g/mol. The van der Waals surface area contributed by atoms with E-state index in [1.54, 1.807) is 11.8 Å². The van der Waals surface area contributed by atoms with Crippen LogP contribution in [0.25, 0.3) is 0 Å². The highest BCUT2D eigenvalue weighted by atomic mass is 35.5. The molecule has 0 saturated carbocycles. The summed E-state index contributed by atoms with van der Waals surface area (Å²) in [5, 5.41) is -0.427. The van der Waals surface area contributed by atoms with E-state index in [-0.39, 0.29) is 5.91 Å². The fourth-order valence-corrected chi connectivity index (χ4v) is 2.51. The quantitative estimate of drug-likeness (QED) is 0.703. The molecule has 0 bridgehead atoms. The van der Waals surface area contributed by atoms with Crippen LogP contribution in [0.15, 0.2) is 0 Å². The molecule has 0 aromatic heterocycles. The molecule has 1 amide bonds. The summed E-state index contributed by atoms with van der Waals surface area (Å²) in [6.07, 6.45) is 2.44. The van der Waals surface area contributed by atoms with Crippen molar-refractivity contribution < 1.29 is 4.79 Å². The summed E-state index contributed by atoms with van der Waals surface area (Å²) in [5.41, 5.74) is 0. The number of halogens is 1. The van der Waals surface area contributed by atoms with Gasteiger partial charge in [0.2, 0.25) is 5.91 Å². The molecule has 0 aromatic rings. The predicted octanol–water partition coefficient (Wildman–Crippen LogP) is 1.10. The molecule has 18 heavy (non-hydrogen) atoms. The minimum absolute atomic E-state index is 0.00782. The van der Waals surface area contributed by atoms with Gasteiger partial charge in [0.05, 0.1) is 0 Å². The molecule has 0 radical (unpaired) electrons. The van der Waals surface area contributed by atoms with Gasteiger partial charge in [-0.25, -0.2) is 0 Å². The van der Waals surface area contributed by atoms with E-state index in [2.05, 4.69) is 23.9 Å². The second kappa shape index (κ2) is 7.31. The van der Waals surface area contributed by atoms with E-state index in [0.29, 0.717) is 6.04 Å². The number of carbonyl (C=O) groups is 1. The summed E-state index contributed by atoms with van der Waals surface area (Å²) in [7, 11) is 6.15. The van der Waals surface area contributed by atoms with Gasteiger partial charge in [0.25, 0.3) is 0 Å². The number of nitrogens with zero attached hydrogens (tertiary/aromatic N) is 3. The number of hydrogen-bond donors (Lipinski definition) is 0. The minimum Gasteiger partial charge on any atom is -0.343 e. The number of carbonyl (C=O) groups excluding carboxylic acids is 1. The molecule has 0 N–H and O–H groups in total. The van der Waals surface area contributed by atoms with Gasteiger partial charge in [-0.05, 0) is 47.0 Å². The first-order valence-electron chi connectivity index (χ1n) is 6.69. The average Bonchev–Trinajstić information content (AvgIpc) is 2.35. The van der Waals surface area contributed by atoms with E-state index >= 15 is 0 Å². The lowest BCUT2D eigenvalue weighted by molar-refractivity contribution is -0.129. The second-order valence-electron chi connectivity index (χ2n) is 5.39. The third-order valence-electron chi connectivity index (χ3n) is 3.82. The van der Waals surface area contributed by atoms with Crippen molar-refractivity contribution in [3.05, 3.63) is 0 Å². The highest BCUT2D eigenvalue weighted by Crippen LogP contribution is 2.13. The normalized spacial score (nSPS) is 20.1. The standard InChI is InChI=1S/C13H26ClN3O/c1-11(14)13(18)17(4)10-9-16(3)12-5-7-15(2)8-6-12/h11-12H,5-10H2,1-4H3. The van der Waals surface area contributed by atoms with E-state index in [4.69, 9.17) is 11.6 Å². The molecule has 5 heteroatoms. The first-order chi connectivity index (χ1) is 8.41. The number of amides is 1. The molecular formula is C13H26ClN3O. The van der Waals surface area contributed by atoms with Crippen LogP contribution < -0.4 is 0 Å². The van der Waals surface area contributed by atoms with Gasteiger partial charge >= 0.3 is 0 Å². The van der Waals surface area contributed by atoms with Crippen molar-refractivity contribution in [1.82, 2.24) is 14.7 Å². The molecule has 1 atom stereocenters. The lowest BCUT2D eigenvalue weighted by Gasteiger charge is -2.35. The zero-order chi connectivity index (χ0) is 13.7. The van der Waals surface area contributed by atoms with Crippen LogP contribution in [0.4, 0.5) is 0 Å². The van der Waals surface area contributed by atoms with Crippen molar-refractivity contribution in [1.29, 1.82) is 0 Å². The maximum atomic E-state index is 11.6. The molecule has 4 nitrogen and oxygen atoms in total. The van der Waals surface area contributed by atoms with E-state index in [9.17, 15) is 4.79 Å². The Morgan fingerprint density at radius 2 is 1.89 bits per heavy atom. The lowest BCUT2D eigenvalue weighted by atomic mass is 10.0. The Bertz CT molecular complexity index is 265. The van der Waals surface area contributed by atoms with Crippen molar-refractivity contribution in [2.45, 2.75) is 31.2 Å². The Morgan fingerprint density at radius 3 is 2.39 bits per heavy atom. The van der Waals surface area contributed by atoms with Crippen LogP contribution in [0.3, 0.4) is 0 Å². The smallest absolute Gasteiger partial charge is 0.240 e. The molecule has 106 valence electrons. The maximum absolute atomic E-state index is 11.6. The van der Waals surface area contributed by atoms with Gasteiger partial charge in [-0.15, -0.1) is 11.6 Å². The number of likely N-dealkylation sites (tertiary alicyclic amines) is 1. The highest BCUT2D eigenvalue weighted by Gasteiger charge is 2.21. The Labute approximate surface area is 116 Å². The fraction of sp³-hybridized carbons (Fsp3) is 0.923. The number of likely N-dealkylation sites (N-methyl/N-ethyl adjacent to an activating group) is 2. The van der Waals surface area contributed by atoms with Crippen LogP contribution in [-0.4, -0.2) is 79.3 Å². The second-order valence-corrected chi connectivity index (χ2v) is 6.05. The van der Waals surface area contributed by atoms with Crippen molar-refractivity contribution in [2.24, 2.45) is 0 Å². The Hall–Kier alpha value is -0.320. The van der Waals surface area contributed by atoms with Crippen LogP contribution in [0, 0.1) is 0 Å². The zero-order valence-electron chi connectivity index (χ0n) is 12.0. The van der Waals surface area contributed by atoms with Crippen molar-refractivity contribution in [3.8, 4) is 0 Å². The molecule has 0 aliphatic carbocycles. The van der Waals surface area contributed by atoms with Crippen LogP contribution in [0.5, 0.6) is 0 Å². The summed E-state index contributed by atoms with van der Waals surface area (Å²) in [4.78, 5) is 18.1. The van der Waals surface area contributed by atoms with E-state index in [1.807, 2.05) is 7.05 Å². The third kappa shape index (κ3) is 4.75. The summed E-state index contributed by atoms with van der Waals surface area (Å²) >= 11 is 5.79. The van der Waals surface area contributed by atoms with Crippen LogP contribution in [0.2, 0.25) is 0 Å². The Morgan fingerprint density at radius 1 is 1.33 bits per heavy atom. The van der Waals surface area contributed by atoms with Crippen LogP contribution in [0.1, 0.15) is 19.8 Å². The Kier molecular flexibility index (Phi) is 6.39. The number of hydrogen-bond acceptors (Lipinski definition) is 3. The topological polar surface area (TPSA) is 26.8 Å². The van der Waals surface area contributed by atoms with Gasteiger partial charge in [0.1, 0.15) is 5.38 Å². The van der Waals surface area contributed by atoms with E-state index in [0.717, 1.165) is 13.1 Å². The molecule has 1 saturated heterocycles. The summed E-state index contributed by atoms with van der Waals surface area (Å²) in [6, 6.07) is 0.651. The lowest BCUT2D eigenvalue weighted by Crippen LogP contribution is -2.45. The van der Waals surface area contributed by atoms with E-state index in [1.165, 1.54) is 25.9 Å². The van der Waals surface area contributed by atoms with E-state index < -0.39 is 5.38 Å². The first kappa shape index (κ1) is 15.7. The summed E-state index contributed by atoms with van der Waals surface area (Å²) in [6.45, 7) is 5.73. The molecule has 0 spiro atoms. The molecule has 0 aromatic carbocycles. The number of piperidine rings is 1. The molecule has 1 aliphatic rings. The number of rotatable bonds is 5. The largest absolute Gasteiger partial charge is 0.343 e. The van der Waals surface area contributed by atoms with Crippen molar-refractivity contribution in [2.75, 3.05) is 47.3 Å². The van der Waals surface area contributed by atoms with Gasteiger partial charge in [-0.1, -0.05) is 0 Å². The SMILES string of the molecule is CC(Cl)C(=O)N(C)CCN(C)C1CCN(C)CC1. The fourth-order valence-electron chi connectivity index (χ4n) is 2.34. The Balaban J connectivity index is 2.28. The van der Waals surface area contributed by atoms with Gasteiger partial charge in [0, 0.05) is 26.2 Å². The van der Waals surface area contributed by atoms with Crippen molar-refractivity contribution in [3.63, 3.8) is 0 Å². The van der Waals surface area contributed by atoms with Crippen molar-refractivity contribution >= 4 is 17.5 Å². The first-order valence-corrected chi connectivity index (χ1v) is 7.13. The monoisotopic (exact) mass is 275 g/mol. The summed E-state index contributed by atoms with van der Waals surface area (Å²) in [5.74, 6) is 0.00782. The molecule has 1 fully saturated rings. The molecule has 1 aliphatic heterocycles. The molecule has 1 unspecified atom stereocenters.